The van der Waals surface area contributed by atoms with E-state index in [9.17, 15) is 9.59 Å². The highest BCUT2D eigenvalue weighted by atomic mass is 16.5. The monoisotopic (exact) mass is 141 g/mol. The van der Waals surface area contributed by atoms with E-state index < -0.39 is 5.97 Å². The Morgan fingerprint density at radius 1 is 1.80 bits per heavy atom. The van der Waals surface area contributed by atoms with Gasteiger partial charge < -0.3 is 10.1 Å². The van der Waals surface area contributed by atoms with Crippen molar-refractivity contribution in [2.75, 3.05) is 6.54 Å². The highest BCUT2D eigenvalue weighted by Crippen LogP contribution is 2.01. The van der Waals surface area contributed by atoms with Crippen molar-refractivity contribution in [3.8, 4) is 0 Å². The second kappa shape index (κ2) is 2.51. The second-order valence-electron chi connectivity index (χ2n) is 1.92. The molecule has 0 aromatic rings. The molecule has 54 valence electrons. The fourth-order valence-electron chi connectivity index (χ4n) is 0.673. The molecule has 0 aromatic carbocycles. The van der Waals surface area contributed by atoms with Gasteiger partial charge in [0, 0.05) is 13.0 Å². The highest BCUT2D eigenvalue weighted by Gasteiger charge is 2.12. The second-order valence-corrected chi connectivity index (χ2v) is 1.92. The van der Waals surface area contributed by atoms with Crippen molar-refractivity contribution >= 4 is 11.9 Å². The van der Waals surface area contributed by atoms with E-state index in [-0.39, 0.29) is 5.91 Å². The first-order chi connectivity index (χ1) is 4.68. The van der Waals surface area contributed by atoms with Gasteiger partial charge >= 0.3 is 5.97 Å². The molecule has 0 aromatic heterocycles. The third-order valence-corrected chi connectivity index (χ3v) is 1.00. The van der Waals surface area contributed by atoms with E-state index >= 15 is 0 Å². The lowest BCUT2D eigenvalue weighted by Crippen LogP contribution is -2.15. The van der Waals surface area contributed by atoms with E-state index in [0.29, 0.717) is 12.3 Å². The summed E-state index contributed by atoms with van der Waals surface area (Å²) in [5.41, 5.74) is 0. The van der Waals surface area contributed by atoms with E-state index in [1.807, 2.05) is 0 Å². The number of esters is 1. The van der Waals surface area contributed by atoms with Crippen LogP contribution in [0.25, 0.3) is 0 Å². The summed E-state index contributed by atoms with van der Waals surface area (Å²) in [6.45, 7) is 1.61. The number of hydrogen-bond donors (Lipinski definition) is 1. The number of amides is 1. The number of carbonyl (C=O) groups is 2. The summed E-state index contributed by atoms with van der Waals surface area (Å²) >= 11 is 0. The lowest BCUT2D eigenvalue weighted by atomic mass is 10.5. The van der Waals surface area contributed by atoms with E-state index in [1.54, 1.807) is 0 Å². The van der Waals surface area contributed by atoms with Gasteiger partial charge in [0.15, 0.2) is 0 Å². The van der Waals surface area contributed by atoms with Crippen LogP contribution in [0, 0.1) is 0 Å². The van der Waals surface area contributed by atoms with Crippen LogP contribution in [0.4, 0.5) is 0 Å². The molecule has 0 radical (unpaired) electrons. The van der Waals surface area contributed by atoms with Crippen LogP contribution in [0.1, 0.15) is 6.92 Å². The van der Waals surface area contributed by atoms with Gasteiger partial charge in [-0.05, 0) is 0 Å². The lowest BCUT2D eigenvalue weighted by Gasteiger charge is -1.97. The van der Waals surface area contributed by atoms with Crippen LogP contribution in [-0.2, 0) is 14.3 Å². The van der Waals surface area contributed by atoms with E-state index in [1.165, 1.54) is 13.0 Å². The van der Waals surface area contributed by atoms with Gasteiger partial charge in [-0.1, -0.05) is 0 Å². The van der Waals surface area contributed by atoms with E-state index in [4.69, 9.17) is 0 Å². The number of carbonyl (C=O) groups excluding carboxylic acids is 2. The van der Waals surface area contributed by atoms with Crippen LogP contribution in [-0.4, -0.2) is 18.4 Å². The fourth-order valence-corrected chi connectivity index (χ4v) is 0.673. The Balaban J connectivity index is 2.50. The van der Waals surface area contributed by atoms with Gasteiger partial charge in [0.1, 0.15) is 5.76 Å². The Kier molecular flexibility index (Phi) is 1.71. The number of nitrogens with one attached hydrogen (secondary N) is 1. The van der Waals surface area contributed by atoms with Crippen molar-refractivity contribution in [3.05, 3.63) is 11.8 Å². The lowest BCUT2D eigenvalue weighted by molar-refractivity contribution is -0.136. The predicted octanol–water partition coefficient (Wildman–Crippen LogP) is -0.437. The van der Waals surface area contributed by atoms with Crippen LogP contribution in [0.5, 0.6) is 0 Å². The maximum absolute atomic E-state index is 10.5. The number of rotatable bonds is 1. The molecule has 4 nitrogen and oxygen atoms in total. The van der Waals surface area contributed by atoms with Gasteiger partial charge in [0.25, 0.3) is 0 Å². The first-order valence-corrected chi connectivity index (χ1v) is 2.85. The van der Waals surface area contributed by atoms with Gasteiger partial charge in [-0.15, -0.1) is 0 Å². The first kappa shape index (κ1) is 6.80. The Morgan fingerprint density at radius 3 is 2.90 bits per heavy atom. The largest absolute Gasteiger partial charge is 0.429 e. The standard InChI is InChI=1S/C6H7NO3/c1-4(8)10-5-2-6(9)7-3-5/h2H,3H2,1H3,(H,7,9). The Labute approximate surface area is 57.9 Å². The molecule has 1 rings (SSSR count). The summed E-state index contributed by atoms with van der Waals surface area (Å²) in [5, 5.41) is 2.47. The molecule has 0 unspecified atom stereocenters. The maximum Gasteiger partial charge on any atom is 0.307 e. The van der Waals surface area contributed by atoms with Crippen LogP contribution in [0.3, 0.4) is 0 Å². The van der Waals surface area contributed by atoms with Crippen LogP contribution >= 0.6 is 0 Å². The van der Waals surface area contributed by atoms with Gasteiger partial charge in [-0.3, -0.25) is 9.59 Å². The molecule has 1 amide bonds. The zero-order valence-corrected chi connectivity index (χ0v) is 5.51. The van der Waals surface area contributed by atoms with Crippen molar-refractivity contribution in [2.45, 2.75) is 6.92 Å². The van der Waals surface area contributed by atoms with Crippen molar-refractivity contribution in [1.82, 2.24) is 5.32 Å². The van der Waals surface area contributed by atoms with Crippen LogP contribution in [0.2, 0.25) is 0 Å². The molecule has 1 aliphatic heterocycles. The van der Waals surface area contributed by atoms with Gasteiger partial charge in [0.05, 0.1) is 6.54 Å². The smallest absolute Gasteiger partial charge is 0.307 e. The zero-order valence-electron chi connectivity index (χ0n) is 5.51. The predicted molar refractivity (Wildman–Crippen MR) is 32.9 cm³/mol. The van der Waals surface area contributed by atoms with Crippen molar-refractivity contribution < 1.29 is 14.3 Å². The van der Waals surface area contributed by atoms with Gasteiger partial charge in [0.2, 0.25) is 5.91 Å². The average molecular weight is 141 g/mol. The van der Waals surface area contributed by atoms with Crippen molar-refractivity contribution in [3.63, 3.8) is 0 Å². The summed E-state index contributed by atoms with van der Waals surface area (Å²) in [5.74, 6) is -0.225. The quantitative estimate of drug-likeness (QED) is 0.504. The van der Waals surface area contributed by atoms with E-state index in [0.717, 1.165) is 0 Å². The third kappa shape index (κ3) is 1.58. The molecule has 0 saturated carbocycles. The van der Waals surface area contributed by atoms with Crippen molar-refractivity contribution in [1.29, 1.82) is 0 Å². The molecule has 0 atom stereocenters. The molecule has 1 N–H and O–H groups in total. The molecular formula is C6H7NO3. The van der Waals surface area contributed by atoms with E-state index in [2.05, 4.69) is 10.1 Å². The normalized spacial score (nSPS) is 16.1. The molecule has 0 aliphatic carbocycles. The Hall–Kier alpha value is -1.32. The SMILES string of the molecule is CC(=O)OC1=CC(=O)NC1. The summed E-state index contributed by atoms with van der Waals surface area (Å²) < 4.78 is 4.62. The summed E-state index contributed by atoms with van der Waals surface area (Å²) in [6, 6.07) is 0. The molecular weight excluding hydrogens is 134 g/mol. The third-order valence-electron chi connectivity index (χ3n) is 1.00. The summed E-state index contributed by atoms with van der Waals surface area (Å²) in [7, 11) is 0. The minimum Gasteiger partial charge on any atom is -0.429 e. The van der Waals surface area contributed by atoms with Gasteiger partial charge in [-0.2, -0.15) is 0 Å². The molecule has 1 aliphatic rings. The Bertz CT molecular complexity index is 207. The van der Waals surface area contributed by atoms with Crippen molar-refractivity contribution in [2.24, 2.45) is 0 Å². The summed E-state index contributed by atoms with van der Waals surface area (Å²) in [4.78, 5) is 20.8. The number of hydrogen-bond acceptors (Lipinski definition) is 3. The maximum atomic E-state index is 10.5. The zero-order chi connectivity index (χ0) is 7.56. The molecule has 0 saturated heterocycles. The molecule has 1 heterocycles. The fraction of sp³-hybridized carbons (Fsp3) is 0.333. The minimum atomic E-state index is -0.400. The number of ether oxygens (including phenoxy) is 1. The molecule has 10 heavy (non-hydrogen) atoms. The topological polar surface area (TPSA) is 55.4 Å². The van der Waals surface area contributed by atoms with Crippen LogP contribution in [0.15, 0.2) is 11.8 Å². The Morgan fingerprint density at radius 2 is 2.50 bits per heavy atom. The summed E-state index contributed by atoms with van der Waals surface area (Å²) in [6.07, 6.45) is 1.27. The molecule has 0 spiro atoms. The van der Waals surface area contributed by atoms with Crippen LogP contribution < -0.4 is 5.32 Å². The average Bonchev–Trinajstić information content (AvgIpc) is 2.13. The molecule has 0 bridgehead atoms. The minimum absolute atomic E-state index is 0.212. The molecule has 4 heteroatoms. The van der Waals surface area contributed by atoms with Gasteiger partial charge in [-0.25, -0.2) is 0 Å². The molecule has 0 fully saturated rings. The highest BCUT2D eigenvalue weighted by molar-refractivity contribution is 5.91. The first-order valence-electron chi connectivity index (χ1n) is 2.85.